The summed E-state index contributed by atoms with van der Waals surface area (Å²) in [6.07, 6.45) is 0.599. The molecule has 0 aliphatic rings. The van der Waals surface area contributed by atoms with Gasteiger partial charge in [0.15, 0.2) is 6.10 Å². The van der Waals surface area contributed by atoms with Crippen LogP contribution in [0.1, 0.15) is 17.3 Å². The number of primary amides is 1. The molecule has 0 saturated carbocycles. The first-order valence-corrected chi connectivity index (χ1v) is 6.42. The normalized spacial score (nSPS) is 11.7. The van der Waals surface area contributed by atoms with E-state index in [0.29, 0.717) is 4.90 Å². The lowest BCUT2D eigenvalue weighted by Gasteiger charge is -2.09. The first-order chi connectivity index (χ1) is 8.86. The summed E-state index contributed by atoms with van der Waals surface area (Å²) in [5.74, 6) is -1.62. The van der Waals surface area contributed by atoms with Crippen molar-refractivity contribution in [1.29, 1.82) is 0 Å². The van der Waals surface area contributed by atoms with Crippen molar-refractivity contribution in [2.24, 2.45) is 5.73 Å². The Labute approximate surface area is 113 Å². The number of esters is 1. The van der Waals surface area contributed by atoms with Gasteiger partial charge in [0.05, 0.1) is 15.4 Å². The highest BCUT2D eigenvalue weighted by Crippen LogP contribution is 2.28. The molecule has 0 aliphatic carbocycles. The van der Waals surface area contributed by atoms with E-state index in [-0.39, 0.29) is 11.3 Å². The van der Waals surface area contributed by atoms with E-state index in [1.165, 1.54) is 30.8 Å². The van der Waals surface area contributed by atoms with Gasteiger partial charge in [-0.2, -0.15) is 0 Å². The van der Waals surface area contributed by atoms with Crippen molar-refractivity contribution in [2.45, 2.75) is 17.9 Å². The summed E-state index contributed by atoms with van der Waals surface area (Å²) >= 11 is 1.20. The van der Waals surface area contributed by atoms with Crippen molar-refractivity contribution in [3.8, 4) is 0 Å². The molecule has 1 aromatic carbocycles. The number of carbonyl (C=O) groups is 2. The predicted molar refractivity (Wildman–Crippen MR) is 68.9 cm³/mol. The third kappa shape index (κ3) is 3.68. The first kappa shape index (κ1) is 15.0. The SMILES string of the molecule is CSc1ccc(C(=O)O[C@@H](C)C(N)=O)cc1[N+](=O)[O-]. The summed E-state index contributed by atoms with van der Waals surface area (Å²) in [7, 11) is 0. The van der Waals surface area contributed by atoms with E-state index in [0.717, 1.165) is 6.07 Å². The monoisotopic (exact) mass is 284 g/mol. The molecule has 0 heterocycles. The fourth-order valence-electron chi connectivity index (χ4n) is 1.25. The fourth-order valence-corrected chi connectivity index (χ4v) is 1.79. The number of hydrogen-bond donors (Lipinski definition) is 1. The summed E-state index contributed by atoms with van der Waals surface area (Å²) < 4.78 is 4.76. The maximum Gasteiger partial charge on any atom is 0.339 e. The minimum absolute atomic E-state index is 0.00222. The van der Waals surface area contributed by atoms with Gasteiger partial charge in [0.1, 0.15) is 0 Å². The Morgan fingerprint density at radius 2 is 2.11 bits per heavy atom. The minimum atomic E-state index is -1.09. The van der Waals surface area contributed by atoms with Crippen LogP contribution in [0, 0.1) is 10.1 Å². The lowest BCUT2D eigenvalue weighted by molar-refractivity contribution is -0.387. The Hall–Kier alpha value is -2.09. The van der Waals surface area contributed by atoms with E-state index in [1.807, 2.05) is 0 Å². The number of nitrogens with zero attached hydrogens (tertiary/aromatic N) is 1. The molecular weight excluding hydrogens is 272 g/mol. The Balaban J connectivity index is 3.02. The van der Waals surface area contributed by atoms with Crippen LogP contribution in [-0.2, 0) is 9.53 Å². The number of benzene rings is 1. The van der Waals surface area contributed by atoms with Gasteiger partial charge in [-0.25, -0.2) is 4.79 Å². The highest BCUT2D eigenvalue weighted by molar-refractivity contribution is 7.98. The van der Waals surface area contributed by atoms with Crippen LogP contribution in [-0.4, -0.2) is 29.2 Å². The Kier molecular flexibility index (Phi) is 4.87. The molecule has 102 valence electrons. The van der Waals surface area contributed by atoms with Crippen molar-refractivity contribution in [3.05, 3.63) is 33.9 Å². The van der Waals surface area contributed by atoms with Crippen LogP contribution >= 0.6 is 11.8 Å². The van der Waals surface area contributed by atoms with E-state index in [9.17, 15) is 19.7 Å². The smallest absolute Gasteiger partial charge is 0.339 e. The maximum atomic E-state index is 11.7. The van der Waals surface area contributed by atoms with Gasteiger partial charge in [-0.3, -0.25) is 14.9 Å². The molecule has 1 atom stereocenters. The molecule has 8 heteroatoms. The number of rotatable bonds is 5. The number of nitro groups is 1. The van der Waals surface area contributed by atoms with E-state index in [1.54, 1.807) is 6.26 Å². The molecule has 0 aromatic heterocycles. The standard InChI is InChI=1S/C11H12N2O5S/c1-6(10(12)14)18-11(15)7-3-4-9(19-2)8(5-7)13(16)17/h3-6H,1-2H3,(H2,12,14)/t6-/m0/s1. The molecule has 1 rings (SSSR count). The number of ether oxygens (including phenoxy) is 1. The Bertz CT molecular complexity index is 532. The lowest BCUT2D eigenvalue weighted by atomic mass is 10.2. The summed E-state index contributed by atoms with van der Waals surface area (Å²) in [5.41, 5.74) is 4.77. The molecule has 0 unspecified atom stereocenters. The minimum Gasteiger partial charge on any atom is -0.449 e. The van der Waals surface area contributed by atoms with Crippen LogP contribution in [0.2, 0.25) is 0 Å². The van der Waals surface area contributed by atoms with Gasteiger partial charge in [0.2, 0.25) is 0 Å². The molecule has 1 aromatic rings. The van der Waals surface area contributed by atoms with Gasteiger partial charge in [-0.05, 0) is 25.3 Å². The van der Waals surface area contributed by atoms with Crippen LogP contribution in [0.4, 0.5) is 5.69 Å². The van der Waals surface area contributed by atoms with Gasteiger partial charge in [-0.1, -0.05) is 0 Å². The molecule has 0 fully saturated rings. The number of nitrogens with two attached hydrogens (primary N) is 1. The molecule has 7 nitrogen and oxygen atoms in total. The molecular formula is C11H12N2O5S. The number of hydrogen-bond acceptors (Lipinski definition) is 6. The average molecular weight is 284 g/mol. The van der Waals surface area contributed by atoms with E-state index in [4.69, 9.17) is 10.5 Å². The summed E-state index contributed by atoms with van der Waals surface area (Å²) in [5, 5.41) is 10.9. The van der Waals surface area contributed by atoms with E-state index in [2.05, 4.69) is 0 Å². The topological polar surface area (TPSA) is 113 Å². The van der Waals surface area contributed by atoms with Crippen molar-refractivity contribution in [2.75, 3.05) is 6.26 Å². The molecule has 1 amide bonds. The van der Waals surface area contributed by atoms with Gasteiger partial charge in [-0.15, -0.1) is 11.8 Å². The number of carbonyl (C=O) groups excluding carboxylic acids is 2. The van der Waals surface area contributed by atoms with E-state index >= 15 is 0 Å². The molecule has 19 heavy (non-hydrogen) atoms. The second-order valence-corrected chi connectivity index (χ2v) is 4.44. The van der Waals surface area contributed by atoms with Crippen LogP contribution in [0.15, 0.2) is 23.1 Å². The van der Waals surface area contributed by atoms with E-state index < -0.39 is 22.9 Å². The predicted octanol–water partition coefficient (Wildman–Crippen LogP) is 1.35. The van der Waals surface area contributed by atoms with Crippen LogP contribution in [0.25, 0.3) is 0 Å². The fraction of sp³-hybridized carbons (Fsp3) is 0.273. The summed E-state index contributed by atoms with van der Waals surface area (Å²) in [6.45, 7) is 1.32. The lowest BCUT2D eigenvalue weighted by Crippen LogP contribution is -2.30. The average Bonchev–Trinajstić information content (AvgIpc) is 2.37. The molecule has 0 saturated heterocycles. The van der Waals surface area contributed by atoms with Crippen molar-refractivity contribution < 1.29 is 19.2 Å². The van der Waals surface area contributed by atoms with Crippen molar-refractivity contribution in [1.82, 2.24) is 0 Å². The number of nitro benzene ring substituents is 1. The highest BCUT2D eigenvalue weighted by atomic mass is 32.2. The molecule has 0 bridgehead atoms. The van der Waals surface area contributed by atoms with Crippen LogP contribution in [0.3, 0.4) is 0 Å². The maximum absolute atomic E-state index is 11.7. The number of thioether (sulfide) groups is 1. The quantitative estimate of drug-likeness (QED) is 0.378. The first-order valence-electron chi connectivity index (χ1n) is 5.19. The Morgan fingerprint density at radius 1 is 1.47 bits per heavy atom. The number of amides is 1. The van der Waals surface area contributed by atoms with Crippen LogP contribution in [0.5, 0.6) is 0 Å². The van der Waals surface area contributed by atoms with Gasteiger partial charge in [0.25, 0.3) is 11.6 Å². The van der Waals surface area contributed by atoms with Gasteiger partial charge < -0.3 is 10.5 Å². The largest absolute Gasteiger partial charge is 0.449 e. The Morgan fingerprint density at radius 3 is 2.58 bits per heavy atom. The third-order valence-corrected chi connectivity index (χ3v) is 3.08. The van der Waals surface area contributed by atoms with Crippen molar-refractivity contribution in [3.63, 3.8) is 0 Å². The van der Waals surface area contributed by atoms with Gasteiger partial charge >= 0.3 is 5.97 Å². The van der Waals surface area contributed by atoms with Crippen molar-refractivity contribution >= 4 is 29.3 Å². The zero-order valence-electron chi connectivity index (χ0n) is 10.3. The highest BCUT2D eigenvalue weighted by Gasteiger charge is 2.20. The summed E-state index contributed by atoms with van der Waals surface area (Å²) in [6, 6.07) is 3.96. The zero-order chi connectivity index (χ0) is 14.6. The summed E-state index contributed by atoms with van der Waals surface area (Å²) in [4.78, 5) is 33.2. The molecule has 2 N–H and O–H groups in total. The molecule has 0 radical (unpaired) electrons. The second-order valence-electron chi connectivity index (χ2n) is 3.59. The second kappa shape index (κ2) is 6.19. The van der Waals surface area contributed by atoms with Crippen LogP contribution < -0.4 is 5.73 Å². The molecule has 0 spiro atoms. The zero-order valence-corrected chi connectivity index (χ0v) is 11.1. The third-order valence-electron chi connectivity index (χ3n) is 2.30. The van der Waals surface area contributed by atoms with Gasteiger partial charge in [0, 0.05) is 6.07 Å². The molecule has 0 aliphatic heterocycles.